The molecule has 7 heteroatoms. The van der Waals surface area contributed by atoms with Crippen molar-refractivity contribution < 1.29 is 9.53 Å². The Morgan fingerprint density at radius 3 is 2.67 bits per heavy atom. The van der Waals surface area contributed by atoms with Crippen LogP contribution >= 0.6 is 0 Å². The maximum atomic E-state index is 12.1. The van der Waals surface area contributed by atoms with Crippen molar-refractivity contribution in [3.8, 4) is 17.0 Å². The number of methoxy groups -OCH3 is 1. The fourth-order valence-electron chi connectivity index (χ4n) is 2.02. The second-order valence-corrected chi connectivity index (χ2v) is 4.88. The van der Waals surface area contributed by atoms with E-state index in [1.54, 1.807) is 43.9 Å². The number of hydrogen-bond acceptors (Lipinski definition) is 5. The van der Waals surface area contributed by atoms with E-state index < -0.39 is 0 Å². The van der Waals surface area contributed by atoms with E-state index in [9.17, 15) is 4.79 Å². The molecular formula is C17H15N5O2. The van der Waals surface area contributed by atoms with Gasteiger partial charge in [-0.25, -0.2) is 5.43 Å². The quantitative estimate of drug-likeness (QED) is 0.557. The Bertz CT molecular complexity index is 841. The molecule has 0 fully saturated rings. The Morgan fingerprint density at radius 1 is 1.21 bits per heavy atom. The third-order valence-electron chi connectivity index (χ3n) is 3.29. The van der Waals surface area contributed by atoms with Gasteiger partial charge in [0.05, 0.1) is 19.0 Å². The maximum absolute atomic E-state index is 12.1. The molecule has 1 aromatic carbocycles. The van der Waals surface area contributed by atoms with E-state index in [1.807, 2.05) is 24.3 Å². The number of pyridine rings is 1. The molecule has 0 saturated carbocycles. The third kappa shape index (κ3) is 3.64. The summed E-state index contributed by atoms with van der Waals surface area (Å²) in [6.45, 7) is 0. The van der Waals surface area contributed by atoms with Gasteiger partial charge in [0.2, 0.25) is 0 Å². The Morgan fingerprint density at radius 2 is 1.96 bits per heavy atom. The van der Waals surface area contributed by atoms with Gasteiger partial charge >= 0.3 is 0 Å². The zero-order chi connectivity index (χ0) is 16.8. The van der Waals surface area contributed by atoms with Crippen molar-refractivity contribution in [3.63, 3.8) is 0 Å². The molecule has 2 N–H and O–H groups in total. The van der Waals surface area contributed by atoms with E-state index >= 15 is 0 Å². The Labute approximate surface area is 138 Å². The number of carbonyl (C=O) groups excluding carboxylic acids is 1. The van der Waals surface area contributed by atoms with Gasteiger partial charge in [-0.3, -0.25) is 14.9 Å². The predicted molar refractivity (Wildman–Crippen MR) is 89.9 cm³/mol. The Balaban J connectivity index is 1.66. The number of aromatic amines is 1. The van der Waals surface area contributed by atoms with Crippen LogP contribution < -0.4 is 10.2 Å². The molecule has 0 spiro atoms. The van der Waals surface area contributed by atoms with Crippen molar-refractivity contribution >= 4 is 12.1 Å². The van der Waals surface area contributed by atoms with Crippen molar-refractivity contribution in [1.29, 1.82) is 0 Å². The number of benzene rings is 1. The molecular weight excluding hydrogens is 306 g/mol. The summed E-state index contributed by atoms with van der Waals surface area (Å²) in [7, 11) is 1.61. The summed E-state index contributed by atoms with van der Waals surface area (Å²) in [6.07, 6.45) is 4.85. The first kappa shape index (κ1) is 15.4. The number of nitrogens with zero attached hydrogens (tertiary/aromatic N) is 3. The first-order chi connectivity index (χ1) is 11.8. The Hall–Kier alpha value is -3.48. The fourth-order valence-corrected chi connectivity index (χ4v) is 2.02. The lowest BCUT2D eigenvalue weighted by Gasteiger charge is -2.00. The van der Waals surface area contributed by atoms with Gasteiger partial charge in [-0.05, 0) is 48.0 Å². The van der Waals surface area contributed by atoms with Crippen molar-refractivity contribution in [2.24, 2.45) is 5.10 Å². The van der Waals surface area contributed by atoms with Crippen LogP contribution in [0, 0.1) is 0 Å². The molecule has 0 radical (unpaired) electrons. The molecule has 120 valence electrons. The smallest absolute Gasteiger partial charge is 0.289 e. The van der Waals surface area contributed by atoms with Crippen LogP contribution in [0.5, 0.6) is 5.75 Å². The first-order valence-corrected chi connectivity index (χ1v) is 7.19. The van der Waals surface area contributed by atoms with Crippen LogP contribution in [0.4, 0.5) is 0 Å². The monoisotopic (exact) mass is 321 g/mol. The molecule has 0 aliphatic carbocycles. The Kier molecular flexibility index (Phi) is 4.62. The molecule has 0 atom stereocenters. The summed E-state index contributed by atoms with van der Waals surface area (Å²) >= 11 is 0. The summed E-state index contributed by atoms with van der Waals surface area (Å²) < 4.78 is 5.12. The van der Waals surface area contributed by atoms with Gasteiger partial charge in [-0.15, -0.1) is 0 Å². The van der Waals surface area contributed by atoms with Crippen molar-refractivity contribution in [1.82, 2.24) is 20.6 Å². The van der Waals surface area contributed by atoms with Crippen LogP contribution in [0.2, 0.25) is 0 Å². The van der Waals surface area contributed by atoms with E-state index in [4.69, 9.17) is 4.74 Å². The van der Waals surface area contributed by atoms with Crippen LogP contribution in [-0.2, 0) is 0 Å². The molecule has 7 nitrogen and oxygen atoms in total. The second-order valence-electron chi connectivity index (χ2n) is 4.88. The number of carbonyl (C=O) groups is 1. The highest BCUT2D eigenvalue weighted by atomic mass is 16.5. The molecule has 2 heterocycles. The van der Waals surface area contributed by atoms with E-state index in [-0.39, 0.29) is 5.91 Å². The lowest BCUT2D eigenvalue weighted by Crippen LogP contribution is -2.17. The number of hydrazone groups is 1. The molecule has 0 saturated heterocycles. The molecule has 2 aromatic heterocycles. The summed E-state index contributed by atoms with van der Waals surface area (Å²) in [6, 6.07) is 12.7. The zero-order valence-corrected chi connectivity index (χ0v) is 12.9. The van der Waals surface area contributed by atoms with Crippen LogP contribution in [-0.4, -0.2) is 34.4 Å². The zero-order valence-electron chi connectivity index (χ0n) is 12.9. The van der Waals surface area contributed by atoms with E-state index in [2.05, 4.69) is 25.7 Å². The number of rotatable bonds is 5. The van der Waals surface area contributed by atoms with Crippen LogP contribution in [0.3, 0.4) is 0 Å². The van der Waals surface area contributed by atoms with Crippen molar-refractivity contribution in [2.75, 3.05) is 7.11 Å². The van der Waals surface area contributed by atoms with Gasteiger partial charge in [0.1, 0.15) is 11.4 Å². The lowest BCUT2D eigenvalue weighted by molar-refractivity contribution is 0.0950. The average molecular weight is 321 g/mol. The number of amides is 1. The average Bonchev–Trinajstić information content (AvgIpc) is 3.13. The van der Waals surface area contributed by atoms with E-state index in [1.165, 1.54) is 0 Å². The SMILES string of the molecule is COc1ccc(-c2cc(C(=O)N/N=C\c3ccncc3)[nH]n2)cc1. The van der Waals surface area contributed by atoms with Gasteiger partial charge in [0, 0.05) is 18.0 Å². The molecule has 3 rings (SSSR count). The van der Waals surface area contributed by atoms with Gasteiger partial charge in [0.15, 0.2) is 0 Å². The van der Waals surface area contributed by atoms with Crippen molar-refractivity contribution in [2.45, 2.75) is 0 Å². The van der Waals surface area contributed by atoms with E-state index in [0.29, 0.717) is 11.4 Å². The second kappa shape index (κ2) is 7.19. The summed E-state index contributed by atoms with van der Waals surface area (Å²) in [5.41, 5.74) is 5.17. The summed E-state index contributed by atoms with van der Waals surface area (Å²) in [5, 5.41) is 10.8. The maximum Gasteiger partial charge on any atom is 0.289 e. The van der Waals surface area contributed by atoms with Crippen LogP contribution in [0.15, 0.2) is 60.0 Å². The molecule has 0 unspecified atom stereocenters. The highest BCUT2D eigenvalue weighted by molar-refractivity contribution is 5.94. The summed E-state index contributed by atoms with van der Waals surface area (Å²) in [5.74, 6) is 0.394. The number of H-pyrrole nitrogens is 1. The molecule has 0 aliphatic heterocycles. The van der Waals surface area contributed by atoms with Gasteiger partial charge in [-0.2, -0.15) is 10.2 Å². The predicted octanol–water partition coefficient (Wildman–Crippen LogP) is 2.24. The number of nitrogens with one attached hydrogen (secondary N) is 2. The minimum absolute atomic E-state index is 0.327. The minimum Gasteiger partial charge on any atom is -0.497 e. The molecule has 0 bridgehead atoms. The highest BCUT2D eigenvalue weighted by Crippen LogP contribution is 2.21. The molecule has 1 amide bonds. The van der Waals surface area contributed by atoms with Crippen LogP contribution in [0.25, 0.3) is 11.3 Å². The lowest BCUT2D eigenvalue weighted by atomic mass is 10.1. The molecule has 0 aliphatic rings. The number of ether oxygens (including phenoxy) is 1. The topological polar surface area (TPSA) is 92.3 Å². The standard InChI is InChI=1S/C17H15N5O2/c1-24-14-4-2-13(3-5-14)15-10-16(21-20-15)17(23)22-19-11-12-6-8-18-9-7-12/h2-11H,1H3,(H,20,21)(H,22,23)/b19-11-. The summed E-state index contributed by atoms with van der Waals surface area (Å²) in [4.78, 5) is 16.0. The van der Waals surface area contributed by atoms with Crippen molar-refractivity contribution in [3.05, 3.63) is 66.1 Å². The minimum atomic E-state index is -0.368. The normalized spacial score (nSPS) is 10.7. The number of hydrogen-bond donors (Lipinski definition) is 2. The number of aromatic nitrogens is 3. The highest BCUT2D eigenvalue weighted by Gasteiger charge is 2.10. The first-order valence-electron chi connectivity index (χ1n) is 7.19. The van der Waals surface area contributed by atoms with Crippen LogP contribution in [0.1, 0.15) is 16.1 Å². The van der Waals surface area contributed by atoms with E-state index in [0.717, 1.165) is 16.9 Å². The molecule has 24 heavy (non-hydrogen) atoms. The van der Waals surface area contributed by atoms with Gasteiger partial charge in [0.25, 0.3) is 5.91 Å². The largest absolute Gasteiger partial charge is 0.497 e. The fraction of sp³-hybridized carbons (Fsp3) is 0.0588. The molecule has 3 aromatic rings. The van der Waals surface area contributed by atoms with Gasteiger partial charge in [-0.1, -0.05) is 0 Å². The third-order valence-corrected chi connectivity index (χ3v) is 3.29. The van der Waals surface area contributed by atoms with Gasteiger partial charge < -0.3 is 4.74 Å².